The number of aromatic nitrogens is 5. The molecular weight excluding hydrogens is 428 g/mol. The minimum atomic E-state index is -1.62. The van der Waals surface area contributed by atoms with Gasteiger partial charge in [0.1, 0.15) is 17.4 Å². The molecule has 0 amide bonds. The number of aromatic amines is 1. The molecule has 0 saturated heterocycles. The summed E-state index contributed by atoms with van der Waals surface area (Å²) < 4.78 is 5.45. The van der Waals surface area contributed by atoms with Crippen molar-refractivity contribution in [1.29, 1.82) is 0 Å². The van der Waals surface area contributed by atoms with Crippen LogP contribution in [-0.2, 0) is 5.60 Å². The number of pyridine rings is 2. The van der Waals surface area contributed by atoms with Crippen LogP contribution in [0.2, 0.25) is 0 Å². The maximum Gasteiger partial charge on any atom is 0.160 e. The van der Waals surface area contributed by atoms with Crippen LogP contribution in [0.15, 0.2) is 59.4 Å². The molecule has 1 aromatic carbocycles. The summed E-state index contributed by atoms with van der Waals surface area (Å²) in [6.45, 7) is 3.80. The second-order valence-electron chi connectivity index (χ2n) is 8.91. The Hall–Kier alpha value is -4.04. The minimum absolute atomic E-state index is 0.373. The molecule has 1 atom stereocenters. The first-order valence-corrected chi connectivity index (χ1v) is 11.3. The third kappa shape index (κ3) is 3.18. The topological polar surface area (TPSA) is 127 Å². The van der Waals surface area contributed by atoms with Gasteiger partial charge in [0.2, 0.25) is 0 Å². The van der Waals surface area contributed by atoms with Crippen LogP contribution in [0.25, 0.3) is 22.2 Å². The Balaban J connectivity index is 1.69. The number of nitrogens with two attached hydrogens (primary N) is 1. The molecule has 1 saturated carbocycles. The molecular formula is C26H24N6O2. The number of rotatable bonds is 5. The lowest BCUT2D eigenvalue weighted by atomic mass is 9.81. The molecule has 4 N–H and O–H groups in total. The first-order valence-electron chi connectivity index (χ1n) is 11.3. The van der Waals surface area contributed by atoms with Gasteiger partial charge in [0.25, 0.3) is 0 Å². The third-order valence-electron chi connectivity index (χ3n) is 6.52. The summed E-state index contributed by atoms with van der Waals surface area (Å²) in [7, 11) is 0. The Morgan fingerprint density at radius 1 is 1.12 bits per heavy atom. The van der Waals surface area contributed by atoms with Crippen LogP contribution >= 0.6 is 0 Å². The number of benzene rings is 1. The van der Waals surface area contributed by atoms with Crippen LogP contribution in [0, 0.1) is 13.8 Å². The van der Waals surface area contributed by atoms with E-state index in [1.54, 1.807) is 30.6 Å². The zero-order chi connectivity index (χ0) is 23.4. The van der Waals surface area contributed by atoms with E-state index in [9.17, 15) is 5.11 Å². The molecule has 0 bridgehead atoms. The van der Waals surface area contributed by atoms with Gasteiger partial charge < -0.3 is 20.3 Å². The predicted octanol–water partition coefficient (Wildman–Crippen LogP) is 4.37. The van der Waals surface area contributed by atoms with Crippen LogP contribution in [0.3, 0.4) is 0 Å². The largest absolute Gasteiger partial charge is 0.384 e. The molecule has 5 aromatic rings. The van der Waals surface area contributed by atoms with Crippen LogP contribution in [0.5, 0.6) is 0 Å². The van der Waals surface area contributed by atoms with Crippen LogP contribution in [-0.4, -0.2) is 30.2 Å². The van der Waals surface area contributed by atoms with Gasteiger partial charge in [-0.1, -0.05) is 17.3 Å². The Labute approximate surface area is 195 Å². The van der Waals surface area contributed by atoms with E-state index >= 15 is 0 Å². The molecule has 0 radical (unpaired) electrons. The van der Waals surface area contributed by atoms with Gasteiger partial charge in [0.15, 0.2) is 5.60 Å². The number of H-pyrrole nitrogens is 1. The van der Waals surface area contributed by atoms with Crippen molar-refractivity contribution in [3.05, 3.63) is 89.0 Å². The number of hydrogen-bond acceptors (Lipinski definition) is 7. The first-order chi connectivity index (χ1) is 16.4. The monoisotopic (exact) mass is 452 g/mol. The Bertz CT molecular complexity index is 1480. The lowest BCUT2D eigenvalue weighted by Gasteiger charge is -2.29. The summed E-state index contributed by atoms with van der Waals surface area (Å²) in [5.74, 6) is 2.44. The highest BCUT2D eigenvalue weighted by Gasteiger charge is 2.39. The molecule has 4 aromatic heterocycles. The quantitative estimate of drug-likeness (QED) is 0.361. The van der Waals surface area contributed by atoms with Gasteiger partial charge in [0, 0.05) is 35.0 Å². The maximum absolute atomic E-state index is 12.5. The molecule has 6 rings (SSSR count). The number of nitrogens with zero attached hydrogens (tertiary/aromatic N) is 4. The van der Waals surface area contributed by atoms with Crippen molar-refractivity contribution in [3.8, 4) is 11.1 Å². The Morgan fingerprint density at radius 3 is 2.62 bits per heavy atom. The number of aliphatic hydroxyl groups is 1. The van der Waals surface area contributed by atoms with Gasteiger partial charge in [-0.15, -0.1) is 0 Å². The highest BCUT2D eigenvalue weighted by Crippen LogP contribution is 2.44. The summed E-state index contributed by atoms with van der Waals surface area (Å²) in [5, 5.41) is 16.6. The zero-order valence-electron chi connectivity index (χ0n) is 18.9. The SMILES string of the molecule is Cc1noc(C)c1-c1cc(C(O)(c2ccc(N)nc2)c2ccccn2)c2nc(C3CC3)[nH]c2c1. The molecule has 1 aliphatic rings. The summed E-state index contributed by atoms with van der Waals surface area (Å²) >= 11 is 0. The number of aryl methyl sites for hydroxylation is 2. The first kappa shape index (κ1) is 20.6. The molecule has 34 heavy (non-hydrogen) atoms. The van der Waals surface area contributed by atoms with E-state index in [4.69, 9.17) is 15.2 Å². The number of imidazole rings is 1. The van der Waals surface area contributed by atoms with Gasteiger partial charge in [-0.2, -0.15) is 0 Å². The summed E-state index contributed by atoms with van der Waals surface area (Å²) in [5.41, 5.74) is 9.95. The lowest BCUT2D eigenvalue weighted by Crippen LogP contribution is -2.30. The molecule has 1 aliphatic carbocycles. The number of nitrogens with one attached hydrogen (secondary N) is 1. The van der Waals surface area contributed by atoms with Crippen molar-refractivity contribution in [2.75, 3.05) is 5.73 Å². The maximum atomic E-state index is 12.5. The van der Waals surface area contributed by atoms with Crippen LogP contribution in [0.1, 0.15) is 52.9 Å². The average molecular weight is 453 g/mol. The molecule has 0 spiro atoms. The van der Waals surface area contributed by atoms with Gasteiger partial charge in [-0.25, -0.2) is 9.97 Å². The Morgan fingerprint density at radius 2 is 1.97 bits per heavy atom. The van der Waals surface area contributed by atoms with Gasteiger partial charge in [0.05, 0.1) is 22.4 Å². The molecule has 8 heteroatoms. The van der Waals surface area contributed by atoms with Crippen molar-refractivity contribution in [2.24, 2.45) is 0 Å². The zero-order valence-corrected chi connectivity index (χ0v) is 18.9. The van der Waals surface area contributed by atoms with Gasteiger partial charge in [-0.3, -0.25) is 4.98 Å². The minimum Gasteiger partial charge on any atom is -0.384 e. The van der Waals surface area contributed by atoms with Gasteiger partial charge in [-0.05, 0) is 62.6 Å². The third-order valence-corrected chi connectivity index (χ3v) is 6.52. The second kappa shape index (κ2) is 7.50. The van der Waals surface area contributed by atoms with Crippen LogP contribution in [0.4, 0.5) is 5.82 Å². The molecule has 170 valence electrons. The lowest BCUT2D eigenvalue weighted by molar-refractivity contribution is 0.122. The van der Waals surface area contributed by atoms with E-state index in [1.807, 2.05) is 38.1 Å². The number of nitrogen functional groups attached to an aromatic ring is 1. The van der Waals surface area contributed by atoms with Crippen LogP contribution < -0.4 is 5.73 Å². The molecule has 1 unspecified atom stereocenters. The van der Waals surface area contributed by atoms with E-state index in [0.29, 0.717) is 39.8 Å². The van der Waals surface area contributed by atoms with Crippen molar-refractivity contribution >= 4 is 16.9 Å². The summed E-state index contributed by atoms with van der Waals surface area (Å²) in [6.07, 6.45) is 5.48. The van der Waals surface area contributed by atoms with Crippen molar-refractivity contribution in [3.63, 3.8) is 0 Å². The van der Waals surface area contributed by atoms with E-state index in [-0.39, 0.29) is 0 Å². The highest BCUT2D eigenvalue weighted by molar-refractivity contribution is 5.88. The summed E-state index contributed by atoms with van der Waals surface area (Å²) in [6, 6.07) is 12.9. The second-order valence-corrected chi connectivity index (χ2v) is 8.91. The average Bonchev–Trinajstić information content (AvgIpc) is 3.53. The molecule has 8 nitrogen and oxygen atoms in total. The molecule has 0 aliphatic heterocycles. The standard InChI is InChI=1S/C26H24N6O2/c1-14-23(15(2)34-32-14)17-11-19(24-20(12-17)30-25(31-24)16-6-7-16)26(33,21-5-3-4-10-28-21)18-8-9-22(27)29-13-18/h3-5,8-13,16,33H,6-7H2,1-2H3,(H2,27,29)(H,30,31). The van der Waals surface area contributed by atoms with E-state index < -0.39 is 5.60 Å². The fourth-order valence-electron chi connectivity index (χ4n) is 4.64. The fourth-order valence-corrected chi connectivity index (χ4v) is 4.64. The number of fused-ring (bicyclic) bond motifs is 1. The number of anilines is 1. The van der Waals surface area contributed by atoms with E-state index in [2.05, 4.69) is 20.1 Å². The highest BCUT2D eigenvalue weighted by atomic mass is 16.5. The fraction of sp³-hybridized carbons (Fsp3) is 0.231. The van der Waals surface area contributed by atoms with Gasteiger partial charge >= 0.3 is 0 Å². The molecule has 4 heterocycles. The van der Waals surface area contributed by atoms with Crippen molar-refractivity contribution in [1.82, 2.24) is 25.1 Å². The summed E-state index contributed by atoms with van der Waals surface area (Å²) in [4.78, 5) is 17.2. The van der Waals surface area contributed by atoms with E-state index in [1.165, 1.54) is 0 Å². The normalized spacial score (nSPS) is 15.5. The van der Waals surface area contributed by atoms with Crippen molar-refractivity contribution in [2.45, 2.75) is 38.2 Å². The number of hydrogen-bond donors (Lipinski definition) is 3. The molecule has 1 fully saturated rings. The van der Waals surface area contributed by atoms with Crippen molar-refractivity contribution < 1.29 is 9.63 Å². The van der Waals surface area contributed by atoms with E-state index in [0.717, 1.165) is 41.0 Å². The predicted molar refractivity (Wildman–Crippen MR) is 128 cm³/mol. The smallest absolute Gasteiger partial charge is 0.160 e. The Kier molecular flexibility index (Phi) is 4.53.